The van der Waals surface area contributed by atoms with Gasteiger partial charge < -0.3 is 5.32 Å². The molecule has 1 unspecified atom stereocenters. The first kappa shape index (κ1) is 6.95. The van der Waals surface area contributed by atoms with E-state index in [1.165, 1.54) is 6.33 Å². The third kappa shape index (κ3) is 1.22. The van der Waals surface area contributed by atoms with Crippen molar-refractivity contribution < 1.29 is 0 Å². The van der Waals surface area contributed by atoms with E-state index >= 15 is 0 Å². The lowest BCUT2D eigenvalue weighted by Gasteiger charge is -2.04. The van der Waals surface area contributed by atoms with E-state index in [2.05, 4.69) is 27.1 Å². The van der Waals surface area contributed by atoms with Gasteiger partial charge >= 0.3 is 0 Å². The summed E-state index contributed by atoms with van der Waals surface area (Å²) >= 11 is 0. The molecule has 4 heteroatoms. The summed E-state index contributed by atoms with van der Waals surface area (Å²) in [4.78, 5) is 3.96. The average Bonchev–Trinajstić information content (AvgIpc) is 2.43. The summed E-state index contributed by atoms with van der Waals surface area (Å²) in [6, 6.07) is 0.0718. The van der Waals surface area contributed by atoms with Crippen LogP contribution in [0.2, 0.25) is 0 Å². The molecular weight excluding hydrogens is 128 g/mol. The second-order valence-corrected chi connectivity index (χ2v) is 1.87. The van der Waals surface area contributed by atoms with Crippen molar-refractivity contribution in [1.82, 2.24) is 20.5 Å². The number of hydrogen-bond donors (Lipinski definition) is 2. The number of H-pyrrole nitrogens is 1. The van der Waals surface area contributed by atoms with Crippen LogP contribution in [0, 0.1) is 0 Å². The third-order valence-electron chi connectivity index (χ3n) is 1.27. The molecule has 0 fully saturated rings. The summed E-state index contributed by atoms with van der Waals surface area (Å²) in [6.07, 6.45) is 3.24. The highest BCUT2D eigenvalue weighted by atomic mass is 15.2. The zero-order valence-corrected chi connectivity index (χ0v) is 5.83. The molecule has 0 saturated heterocycles. The molecule has 0 radical (unpaired) electrons. The first-order chi connectivity index (χ1) is 4.88. The second kappa shape index (κ2) is 3.12. The van der Waals surface area contributed by atoms with E-state index in [1.807, 2.05) is 7.05 Å². The van der Waals surface area contributed by atoms with Crippen LogP contribution in [-0.4, -0.2) is 22.2 Å². The Bertz CT molecular complexity index is 192. The SMILES string of the molecule is C=CC(NC)c1ncn[nH]1. The molecule has 2 N–H and O–H groups in total. The normalized spacial score (nSPS) is 12.9. The highest BCUT2D eigenvalue weighted by Crippen LogP contribution is 2.04. The van der Waals surface area contributed by atoms with E-state index in [0.29, 0.717) is 0 Å². The maximum atomic E-state index is 3.96. The third-order valence-corrected chi connectivity index (χ3v) is 1.27. The van der Waals surface area contributed by atoms with Crippen LogP contribution in [0.5, 0.6) is 0 Å². The Kier molecular flexibility index (Phi) is 2.17. The van der Waals surface area contributed by atoms with Gasteiger partial charge in [-0.1, -0.05) is 6.08 Å². The Hall–Kier alpha value is -1.16. The molecule has 0 spiro atoms. The molecule has 54 valence electrons. The Balaban J connectivity index is 2.73. The van der Waals surface area contributed by atoms with Crippen molar-refractivity contribution in [3.8, 4) is 0 Å². The summed E-state index contributed by atoms with van der Waals surface area (Å²) in [6.45, 7) is 3.64. The molecule has 4 nitrogen and oxygen atoms in total. The molecule has 10 heavy (non-hydrogen) atoms. The van der Waals surface area contributed by atoms with Crippen LogP contribution in [0.25, 0.3) is 0 Å². The van der Waals surface area contributed by atoms with Gasteiger partial charge in [0.05, 0.1) is 6.04 Å². The number of aromatic nitrogens is 3. The smallest absolute Gasteiger partial charge is 0.145 e. The standard InChI is InChI=1S/C6H10N4/c1-3-5(7-2)6-8-4-9-10-6/h3-5,7H,1H2,2H3,(H,8,9,10). The molecule has 0 saturated carbocycles. The van der Waals surface area contributed by atoms with Gasteiger partial charge in [-0.15, -0.1) is 6.58 Å². The molecule has 0 aliphatic rings. The summed E-state index contributed by atoms with van der Waals surface area (Å²) < 4.78 is 0. The Morgan fingerprint density at radius 3 is 3.10 bits per heavy atom. The van der Waals surface area contributed by atoms with Crippen molar-refractivity contribution in [3.63, 3.8) is 0 Å². The van der Waals surface area contributed by atoms with Crippen LogP contribution in [-0.2, 0) is 0 Å². The Morgan fingerprint density at radius 1 is 1.90 bits per heavy atom. The summed E-state index contributed by atoms with van der Waals surface area (Å²) in [5.74, 6) is 0.789. The number of aromatic amines is 1. The lowest BCUT2D eigenvalue weighted by Crippen LogP contribution is -2.14. The second-order valence-electron chi connectivity index (χ2n) is 1.87. The molecule has 1 aromatic heterocycles. The van der Waals surface area contributed by atoms with Crippen molar-refractivity contribution in [2.24, 2.45) is 0 Å². The largest absolute Gasteiger partial charge is 0.307 e. The molecule has 0 aliphatic heterocycles. The van der Waals surface area contributed by atoms with Gasteiger partial charge in [0.25, 0.3) is 0 Å². The van der Waals surface area contributed by atoms with E-state index in [-0.39, 0.29) is 6.04 Å². The first-order valence-electron chi connectivity index (χ1n) is 3.03. The fourth-order valence-electron chi connectivity index (χ4n) is 0.731. The number of nitrogens with one attached hydrogen (secondary N) is 2. The van der Waals surface area contributed by atoms with Crippen LogP contribution in [0.4, 0.5) is 0 Å². The van der Waals surface area contributed by atoms with Gasteiger partial charge in [-0.25, -0.2) is 4.98 Å². The van der Waals surface area contributed by atoms with Crippen LogP contribution < -0.4 is 5.32 Å². The molecule has 0 aliphatic carbocycles. The van der Waals surface area contributed by atoms with E-state index in [1.54, 1.807) is 6.08 Å². The lowest BCUT2D eigenvalue weighted by molar-refractivity contribution is 0.671. The molecule has 1 rings (SSSR count). The van der Waals surface area contributed by atoms with Crippen LogP contribution >= 0.6 is 0 Å². The molecular formula is C6H10N4. The lowest BCUT2D eigenvalue weighted by atomic mass is 10.3. The summed E-state index contributed by atoms with van der Waals surface area (Å²) in [5, 5.41) is 9.46. The van der Waals surface area contributed by atoms with E-state index in [4.69, 9.17) is 0 Å². The van der Waals surface area contributed by atoms with Gasteiger partial charge in [-0.3, -0.25) is 5.10 Å². The van der Waals surface area contributed by atoms with Crippen molar-refractivity contribution in [2.45, 2.75) is 6.04 Å². The zero-order chi connectivity index (χ0) is 7.40. The quantitative estimate of drug-likeness (QED) is 0.589. The average molecular weight is 138 g/mol. The summed E-state index contributed by atoms with van der Waals surface area (Å²) in [5.41, 5.74) is 0. The van der Waals surface area contributed by atoms with Gasteiger partial charge in [0.1, 0.15) is 12.2 Å². The highest BCUT2D eigenvalue weighted by Gasteiger charge is 2.05. The fourth-order valence-corrected chi connectivity index (χ4v) is 0.731. The van der Waals surface area contributed by atoms with Crippen molar-refractivity contribution in [2.75, 3.05) is 7.05 Å². The Morgan fingerprint density at radius 2 is 2.70 bits per heavy atom. The van der Waals surface area contributed by atoms with Crippen molar-refractivity contribution in [1.29, 1.82) is 0 Å². The number of likely N-dealkylation sites (N-methyl/N-ethyl adjacent to an activating group) is 1. The van der Waals surface area contributed by atoms with Gasteiger partial charge in [-0.05, 0) is 7.05 Å². The number of hydrogen-bond acceptors (Lipinski definition) is 3. The van der Waals surface area contributed by atoms with Gasteiger partial charge in [0.15, 0.2) is 0 Å². The first-order valence-corrected chi connectivity index (χ1v) is 3.03. The van der Waals surface area contributed by atoms with Gasteiger partial charge in [0, 0.05) is 0 Å². The minimum absolute atomic E-state index is 0.0718. The molecule has 0 aromatic carbocycles. The fraction of sp³-hybridized carbons (Fsp3) is 0.333. The zero-order valence-electron chi connectivity index (χ0n) is 5.83. The molecule has 0 bridgehead atoms. The molecule has 0 amide bonds. The van der Waals surface area contributed by atoms with Crippen molar-refractivity contribution >= 4 is 0 Å². The highest BCUT2D eigenvalue weighted by molar-refractivity contribution is 5.00. The molecule has 1 aromatic rings. The van der Waals surface area contributed by atoms with E-state index in [9.17, 15) is 0 Å². The predicted molar refractivity (Wildman–Crippen MR) is 38.4 cm³/mol. The van der Waals surface area contributed by atoms with Crippen LogP contribution in [0.3, 0.4) is 0 Å². The number of nitrogens with zero attached hydrogens (tertiary/aromatic N) is 2. The molecule has 1 atom stereocenters. The minimum atomic E-state index is 0.0718. The van der Waals surface area contributed by atoms with Gasteiger partial charge in [0.2, 0.25) is 0 Å². The van der Waals surface area contributed by atoms with Crippen molar-refractivity contribution in [3.05, 3.63) is 24.8 Å². The van der Waals surface area contributed by atoms with E-state index in [0.717, 1.165) is 5.82 Å². The monoisotopic (exact) mass is 138 g/mol. The van der Waals surface area contributed by atoms with Crippen LogP contribution in [0.1, 0.15) is 11.9 Å². The molecule has 1 heterocycles. The predicted octanol–water partition coefficient (Wildman–Crippen LogP) is 0.251. The maximum absolute atomic E-state index is 3.96. The topological polar surface area (TPSA) is 53.6 Å². The minimum Gasteiger partial charge on any atom is -0.307 e. The maximum Gasteiger partial charge on any atom is 0.145 e. The van der Waals surface area contributed by atoms with Crippen LogP contribution in [0.15, 0.2) is 19.0 Å². The van der Waals surface area contributed by atoms with E-state index < -0.39 is 0 Å². The summed E-state index contributed by atoms with van der Waals surface area (Å²) in [7, 11) is 1.84. The Labute approximate surface area is 59.4 Å². The van der Waals surface area contributed by atoms with Gasteiger partial charge in [-0.2, -0.15) is 5.10 Å². The number of rotatable bonds is 3.